The summed E-state index contributed by atoms with van der Waals surface area (Å²) < 4.78 is 10.5. The van der Waals surface area contributed by atoms with Crippen LogP contribution in [0, 0.1) is 6.92 Å². The van der Waals surface area contributed by atoms with Crippen LogP contribution in [0.15, 0.2) is 36.5 Å². The molecule has 2 rings (SSSR count). The lowest BCUT2D eigenvalue weighted by atomic mass is 10.2. The van der Waals surface area contributed by atoms with E-state index < -0.39 is 0 Å². The average molecular weight is 303 g/mol. The first-order valence-corrected chi connectivity index (χ1v) is 6.76. The largest absolute Gasteiger partial charge is 0.497 e. The van der Waals surface area contributed by atoms with Crippen LogP contribution in [0.3, 0.4) is 0 Å². The number of thiocarbonyl (C=S) groups is 1. The molecule has 21 heavy (non-hydrogen) atoms. The molecule has 0 bridgehead atoms. The van der Waals surface area contributed by atoms with Crippen molar-refractivity contribution in [3.05, 3.63) is 42.1 Å². The van der Waals surface area contributed by atoms with Crippen molar-refractivity contribution in [2.75, 3.05) is 24.9 Å². The molecule has 0 spiro atoms. The van der Waals surface area contributed by atoms with Gasteiger partial charge in [-0.1, -0.05) is 6.07 Å². The van der Waals surface area contributed by atoms with Crippen LogP contribution in [0.25, 0.3) is 0 Å². The summed E-state index contributed by atoms with van der Waals surface area (Å²) in [6, 6.07) is 9.28. The number of nitrogens with zero attached hydrogens (tertiary/aromatic N) is 1. The Morgan fingerprint density at radius 3 is 2.52 bits per heavy atom. The molecule has 2 aromatic rings. The number of ether oxygens (including phenoxy) is 2. The third kappa shape index (κ3) is 4.06. The van der Waals surface area contributed by atoms with Gasteiger partial charge in [0.1, 0.15) is 17.3 Å². The lowest BCUT2D eigenvalue weighted by Gasteiger charge is -2.14. The van der Waals surface area contributed by atoms with E-state index in [0.29, 0.717) is 16.7 Å². The first-order valence-electron chi connectivity index (χ1n) is 6.35. The Labute approximate surface area is 129 Å². The van der Waals surface area contributed by atoms with Crippen LogP contribution in [0.5, 0.6) is 11.5 Å². The van der Waals surface area contributed by atoms with Crippen molar-refractivity contribution in [1.29, 1.82) is 0 Å². The molecule has 0 fully saturated rings. The van der Waals surface area contributed by atoms with E-state index in [1.807, 2.05) is 37.3 Å². The molecule has 0 atom stereocenters. The fourth-order valence-electron chi connectivity index (χ4n) is 1.72. The Balaban J connectivity index is 2.09. The summed E-state index contributed by atoms with van der Waals surface area (Å²) in [4.78, 5) is 4.24. The number of benzene rings is 1. The van der Waals surface area contributed by atoms with Gasteiger partial charge in [0.25, 0.3) is 0 Å². The van der Waals surface area contributed by atoms with Crippen LogP contribution in [0.2, 0.25) is 0 Å². The Bertz CT molecular complexity index is 629. The maximum Gasteiger partial charge on any atom is 0.176 e. The molecule has 0 saturated carbocycles. The van der Waals surface area contributed by atoms with Gasteiger partial charge in [-0.15, -0.1) is 0 Å². The van der Waals surface area contributed by atoms with Gasteiger partial charge in [-0.3, -0.25) is 0 Å². The molecule has 1 aromatic heterocycles. The van der Waals surface area contributed by atoms with Gasteiger partial charge in [0, 0.05) is 12.3 Å². The van der Waals surface area contributed by atoms with E-state index in [1.54, 1.807) is 20.4 Å². The number of nitrogens with one attached hydrogen (secondary N) is 2. The van der Waals surface area contributed by atoms with Crippen LogP contribution in [0.1, 0.15) is 5.56 Å². The Morgan fingerprint density at radius 2 is 1.90 bits per heavy atom. The van der Waals surface area contributed by atoms with Crippen molar-refractivity contribution in [3.63, 3.8) is 0 Å². The standard InChI is InChI=1S/C15H17N3O2S/c1-10-4-7-14(16-9-10)18-15(21)17-12-8-11(19-2)5-6-13(12)20-3/h4-9H,1-3H3,(H2,16,17,18,21). The average Bonchev–Trinajstić information content (AvgIpc) is 2.49. The summed E-state index contributed by atoms with van der Waals surface area (Å²) in [6.07, 6.45) is 1.77. The summed E-state index contributed by atoms with van der Waals surface area (Å²) in [5, 5.41) is 6.52. The normalized spacial score (nSPS) is 9.86. The van der Waals surface area contributed by atoms with Gasteiger partial charge in [0.05, 0.1) is 19.9 Å². The van der Waals surface area contributed by atoms with Crippen LogP contribution < -0.4 is 20.1 Å². The topological polar surface area (TPSA) is 55.4 Å². The van der Waals surface area contributed by atoms with Crippen LogP contribution in [-0.4, -0.2) is 24.3 Å². The van der Waals surface area contributed by atoms with Gasteiger partial charge in [0.15, 0.2) is 5.11 Å². The Kier molecular flexibility index (Phi) is 4.94. The van der Waals surface area contributed by atoms with Crippen LogP contribution >= 0.6 is 12.2 Å². The van der Waals surface area contributed by atoms with Gasteiger partial charge < -0.3 is 20.1 Å². The molecule has 0 aliphatic rings. The predicted octanol–water partition coefficient (Wildman–Crippen LogP) is 3.22. The number of pyridine rings is 1. The first-order chi connectivity index (χ1) is 10.1. The summed E-state index contributed by atoms with van der Waals surface area (Å²) >= 11 is 5.28. The number of rotatable bonds is 4. The van der Waals surface area contributed by atoms with Crippen LogP contribution in [-0.2, 0) is 0 Å². The van der Waals surface area contributed by atoms with Gasteiger partial charge in [-0.05, 0) is 42.9 Å². The van der Waals surface area contributed by atoms with Crippen molar-refractivity contribution in [3.8, 4) is 11.5 Å². The van der Waals surface area contributed by atoms with E-state index in [9.17, 15) is 0 Å². The number of aryl methyl sites for hydroxylation is 1. The number of anilines is 2. The lowest BCUT2D eigenvalue weighted by molar-refractivity contribution is 0.405. The minimum atomic E-state index is 0.429. The molecule has 5 nitrogen and oxygen atoms in total. The molecule has 1 heterocycles. The van der Waals surface area contributed by atoms with E-state index in [-0.39, 0.29) is 0 Å². The highest BCUT2D eigenvalue weighted by atomic mass is 32.1. The highest BCUT2D eigenvalue weighted by Crippen LogP contribution is 2.28. The Morgan fingerprint density at radius 1 is 1.10 bits per heavy atom. The van der Waals surface area contributed by atoms with E-state index >= 15 is 0 Å². The second-order valence-corrected chi connectivity index (χ2v) is 4.77. The van der Waals surface area contributed by atoms with Crippen molar-refractivity contribution < 1.29 is 9.47 Å². The molecule has 2 N–H and O–H groups in total. The maximum absolute atomic E-state index is 5.29. The lowest BCUT2D eigenvalue weighted by Crippen LogP contribution is -2.20. The highest BCUT2D eigenvalue weighted by molar-refractivity contribution is 7.80. The van der Waals surface area contributed by atoms with E-state index in [4.69, 9.17) is 21.7 Å². The molecule has 0 aliphatic carbocycles. The molecule has 0 unspecified atom stereocenters. The molecule has 0 amide bonds. The zero-order chi connectivity index (χ0) is 15.2. The van der Waals surface area contributed by atoms with Crippen molar-refractivity contribution in [2.45, 2.75) is 6.92 Å². The van der Waals surface area contributed by atoms with Crippen molar-refractivity contribution in [1.82, 2.24) is 4.98 Å². The molecule has 0 aliphatic heterocycles. The molecule has 1 aromatic carbocycles. The highest BCUT2D eigenvalue weighted by Gasteiger charge is 2.07. The van der Waals surface area contributed by atoms with Gasteiger partial charge in [-0.2, -0.15) is 0 Å². The summed E-state index contributed by atoms with van der Waals surface area (Å²) in [7, 11) is 3.21. The quantitative estimate of drug-likeness (QED) is 0.846. The Hall–Kier alpha value is -2.34. The van der Waals surface area contributed by atoms with E-state index in [0.717, 1.165) is 17.0 Å². The van der Waals surface area contributed by atoms with Gasteiger partial charge in [0.2, 0.25) is 0 Å². The van der Waals surface area contributed by atoms with E-state index in [1.165, 1.54) is 0 Å². The third-order valence-corrected chi connectivity index (χ3v) is 3.01. The summed E-state index contributed by atoms with van der Waals surface area (Å²) in [5.41, 5.74) is 1.82. The van der Waals surface area contributed by atoms with Gasteiger partial charge in [-0.25, -0.2) is 4.98 Å². The SMILES string of the molecule is COc1ccc(OC)c(NC(=S)Nc2ccc(C)cn2)c1. The zero-order valence-electron chi connectivity index (χ0n) is 12.1. The van der Waals surface area contributed by atoms with Crippen LogP contribution in [0.4, 0.5) is 11.5 Å². The second kappa shape index (κ2) is 6.90. The fraction of sp³-hybridized carbons (Fsp3) is 0.200. The number of hydrogen-bond acceptors (Lipinski definition) is 4. The second-order valence-electron chi connectivity index (χ2n) is 4.37. The molecular weight excluding hydrogens is 286 g/mol. The molecule has 110 valence electrons. The number of methoxy groups -OCH3 is 2. The molecular formula is C15H17N3O2S. The smallest absolute Gasteiger partial charge is 0.176 e. The molecule has 0 radical (unpaired) electrons. The zero-order valence-corrected chi connectivity index (χ0v) is 13.0. The minimum absolute atomic E-state index is 0.429. The monoisotopic (exact) mass is 303 g/mol. The number of hydrogen-bond donors (Lipinski definition) is 2. The summed E-state index contributed by atoms with van der Waals surface area (Å²) in [6.45, 7) is 1.98. The third-order valence-electron chi connectivity index (χ3n) is 2.81. The fourth-order valence-corrected chi connectivity index (χ4v) is 1.94. The van der Waals surface area contributed by atoms with E-state index in [2.05, 4.69) is 15.6 Å². The number of aromatic nitrogens is 1. The minimum Gasteiger partial charge on any atom is -0.497 e. The summed E-state index contributed by atoms with van der Waals surface area (Å²) in [5.74, 6) is 2.08. The first kappa shape index (κ1) is 15.1. The van der Waals surface area contributed by atoms with Crippen molar-refractivity contribution in [2.24, 2.45) is 0 Å². The molecule has 0 saturated heterocycles. The maximum atomic E-state index is 5.29. The van der Waals surface area contributed by atoms with Gasteiger partial charge >= 0.3 is 0 Å². The predicted molar refractivity (Wildman–Crippen MR) is 88.4 cm³/mol. The molecule has 6 heteroatoms. The van der Waals surface area contributed by atoms with Crippen molar-refractivity contribution >= 4 is 28.8 Å².